The van der Waals surface area contributed by atoms with E-state index in [-0.39, 0.29) is 5.41 Å². The Kier molecular flexibility index (Phi) is 7.85. The van der Waals surface area contributed by atoms with Gasteiger partial charge in [0.1, 0.15) is 0 Å². The number of hydrogen-bond donors (Lipinski definition) is 0. The van der Waals surface area contributed by atoms with E-state index in [0.717, 1.165) is 18.4 Å². The van der Waals surface area contributed by atoms with Crippen LogP contribution in [0.2, 0.25) is 0 Å². The summed E-state index contributed by atoms with van der Waals surface area (Å²) in [6.07, 6.45) is 6.66. The Balaban J connectivity index is 0.000000256. The van der Waals surface area contributed by atoms with Crippen LogP contribution in [0, 0.1) is 18.4 Å². The molecule has 31 heavy (non-hydrogen) atoms. The van der Waals surface area contributed by atoms with Gasteiger partial charge >= 0.3 is 28.4 Å². The fourth-order valence-electron chi connectivity index (χ4n) is 4.17. The standard InChI is InChI=1S/C22H21.C7H7.CH2.Zr/c1-22(2,3)21-10-6-9-19(21)17-12-11-16-13-15-7-4-5-8-18(15)20(16)14-17;1-7-5-3-2-4-6-7;;/h4-8,10,12,14H,9,13H2,1-3H3;2-6H,1H2;1H2;/q2*-1;;+2. The Morgan fingerprint density at radius 2 is 1.61 bits per heavy atom. The molecule has 0 aliphatic heterocycles. The molecule has 0 saturated carbocycles. The summed E-state index contributed by atoms with van der Waals surface area (Å²) in [6, 6.07) is 26.7. The van der Waals surface area contributed by atoms with Crippen LogP contribution in [0.15, 0.2) is 84.5 Å². The monoisotopic (exact) mass is 480 g/mol. The molecule has 0 amide bonds. The van der Waals surface area contributed by atoms with Crippen molar-refractivity contribution >= 4 is 9.78 Å². The molecule has 0 bridgehead atoms. The van der Waals surface area contributed by atoms with Crippen molar-refractivity contribution in [1.29, 1.82) is 0 Å². The number of benzene rings is 3. The Hall–Kier alpha value is -2.24. The molecular formula is C30H30Zr. The molecule has 0 aromatic heterocycles. The van der Waals surface area contributed by atoms with Crippen LogP contribution < -0.4 is 0 Å². The normalized spacial score (nSPS) is 13.6. The van der Waals surface area contributed by atoms with Crippen LogP contribution in [0.4, 0.5) is 0 Å². The summed E-state index contributed by atoms with van der Waals surface area (Å²) in [7, 11) is 0. The van der Waals surface area contributed by atoms with Gasteiger partial charge in [-0.15, -0.1) is 23.3 Å². The molecule has 5 rings (SSSR count). The first-order valence-corrected chi connectivity index (χ1v) is 12.4. The maximum atomic E-state index is 3.72. The molecule has 0 atom stereocenters. The zero-order valence-electron chi connectivity index (χ0n) is 18.8. The first-order valence-electron chi connectivity index (χ1n) is 10.7. The van der Waals surface area contributed by atoms with Gasteiger partial charge in [-0.25, -0.2) is 0 Å². The maximum absolute atomic E-state index is 3.72. The van der Waals surface area contributed by atoms with Crippen LogP contribution in [0.25, 0.3) is 16.7 Å². The first-order chi connectivity index (χ1) is 14.9. The van der Waals surface area contributed by atoms with E-state index in [0.29, 0.717) is 0 Å². The van der Waals surface area contributed by atoms with Crippen LogP contribution in [-0.2, 0) is 30.7 Å². The van der Waals surface area contributed by atoms with Crippen molar-refractivity contribution in [2.45, 2.75) is 33.6 Å². The van der Waals surface area contributed by atoms with E-state index in [1.807, 2.05) is 30.3 Å². The molecule has 3 aromatic carbocycles. The summed E-state index contributed by atoms with van der Waals surface area (Å²) in [5, 5.41) is 0. The van der Waals surface area contributed by atoms with Gasteiger partial charge in [0.2, 0.25) is 0 Å². The summed E-state index contributed by atoms with van der Waals surface area (Å²) in [6.45, 7) is 10.6. The van der Waals surface area contributed by atoms with Gasteiger partial charge in [-0.2, -0.15) is 48.4 Å². The van der Waals surface area contributed by atoms with E-state index in [4.69, 9.17) is 0 Å². The van der Waals surface area contributed by atoms with Crippen molar-refractivity contribution in [3.63, 3.8) is 0 Å². The van der Waals surface area contributed by atoms with Crippen molar-refractivity contribution in [3.8, 4) is 11.1 Å². The van der Waals surface area contributed by atoms with Crippen LogP contribution in [0.3, 0.4) is 0 Å². The molecule has 2 aliphatic rings. The fourth-order valence-corrected chi connectivity index (χ4v) is 4.17. The fraction of sp³-hybridized carbons (Fsp3) is 0.200. The molecule has 1 heteroatoms. The zero-order valence-corrected chi connectivity index (χ0v) is 21.3. The minimum absolute atomic E-state index is 0.194. The molecule has 0 unspecified atom stereocenters. The number of rotatable bonds is 1. The van der Waals surface area contributed by atoms with Crippen molar-refractivity contribution < 1.29 is 24.2 Å². The topological polar surface area (TPSA) is 0 Å². The summed E-state index contributed by atoms with van der Waals surface area (Å²) < 4.78 is 3.34. The van der Waals surface area contributed by atoms with E-state index in [9.17, 15) is 0 Å². The first kappa shape index (κ1) is 23.4. The summed E-state index contributed by atoms with van der Waals surface area (Å²) >= 11 is 1.30. The van der Waals surface area contributed by atoms with Gasteiger partial charge in [0.15, 0.2) is 0 Å². The van der Waals surface area contributed by atoms with Crippen LogP contribution in [0.1, 0.15) is 49.4 Å². The van der Waals surface area contributed by atoms with E-state index >= 15 is 0 Å². The number of fused-ring (bicyclic) bond motifs is 3. The Labute approximate surface area is 203 Å². The number of hydrogen-bond acceptors (Lipinski definition) is 0. The number of allylic oxidation sites excluding steroid dienone is 4. The third kappa shape index (κ3) is 5.52. The summed E-state index contributed by atoms with van der Waals surface area (Å²) in [4.78, 5) is 0. The molecule has 0 radical (unpaired) electrons. The van der Waals surface area contributed by atoms with Crippen molar-refractivity contribution in [2.75, 3.05) is 0 Å². The third-order valence-corrected chi connectivity index (χ3v) is 5.63. The third-order valence-electron chi connectivity index (χ3n) is 5.63. The molecule has 3 aromatic rings. The molecule has 0 fully saturated rings. The molecule has 0 N–H and O–H groups in total. The molecule has 0 spiro atoms. The van der Waals surface area contributed by atoms with Gasteiger partial charge in [-0.05, 0) is 18.3 Å². The van der Waals surface area contributed by atoms with Crippen LogP contribution in [-0.4, -0.2) is 4.21 Å². The average Bonchev–Trinajstić information content (AvgIpc) is 3.41. The van der Waals surface area contributed by atoms with Crippen molar-refractivity contribution in [2.24, 2.45) is 5.41 Å². The van der Waals surface area contributed by atoms with Crippen LogP contribution in [0.5, 0.6) is 0 Å². The summed E-state index contributed by atoms with van der Waals surface area (Å²) in [5.74, 6) is 0. The second kappa shape index (κ2) is 10.4. The van der Waals surface area contributed by atoms with Gasteiger partial charge in [-0.3, -0.25) is 0 Å². The molecule has 0 saturated heterocycles. The predicted molar refractivity (Wildman–Crippen MR) is 132 cm³/mol. The Morgan fingerprint density at radius 3 is 2.26 bits per heavy atom. The second-order valence-electron chi connectivity index (χ2n) is 8.85. The second-order valence-corrected chi connectivity index (χ2v) is 8.85. The molecular weight excluding hydrogens is 452 g/mol. The van der Waals surface area contributed by atoms with Gasteiger partial charge < -0.3 is 0 Å². The molecule has 0 nitrogen and oxygen atoms in total. The molecule has 0 heterocycles. The summed E-state index contributed by atoms with van der Waals surface area (Å²) in [5.41, 5.74) is 11.1. The van der Waals surface area contributed by atoms with E-state index in [2.05, 4.69) is 86.5 Å². The Morgan fingerprint density at radius 1 is 0.935 bits per heavy atom. The molecule has 154 valence electrons. The van der Waals surface area contributed by atoms with Crippen LogP contribution >= 0.6 is 0 Å². The zero-order chi connectivity index (χ0) is 22.4. The van der Waals surface area contributed by atoms with Gasteiger partial charge in [0.25, 0.3) is 0 Å². The average molecular weight is 482 g/mol. The quantitative estimate of drug-likeness (QED) is 0.245. The van der Waals surface area contributed by atoms with Gasteiger partial charge in [0.05, 0.1) is 0 Å². The molecule has 2 aliphatic carbocycles. The van der Waals surface area contributed by atoms with Crippen molar-refractivity contribution in [3.05, 3.63) is 120 Å². The van der Waals surface area contributed by atoms with Gasteiger partial charge in [-0.1, -0.05) is 85.5 Å². The van der Waals surface area contributed by atoms with E-state index < -0.39 is 0 Å². The minimum atomic E-state index is 0.194. The van der Waals surface area contributed by atoms with E-state index in [1.165, 1.54) is 63.2 Å². The predicted octanol–water partition coefficient (Wildman–Crippen LogP) is 7.65. The Bertz CT molecular complexity index is 1090. The van der Waals surface area contributed by atoms with E-state index in [1.54, 1.807) is 0 Å². The van der Waals surface area contributed by atoms with Gasteiger partial charge in [0, 0.05) is 0 Å². The van der Waals surface area contributed by atoms with Crippen molar-refractivity contribution in [1.82, 2.24) is 0 Å². The SMILES string of the molecule is CC(C)(C)C1=C(c2c[c-]c3c(c2)-c2ccccc2C3)CC=C1.[CH2-]c1ccccc1.[CH2]=[Zr+2].